The van der Waals surface area contributed by atoms with Gasteiger partial charge in [-0.05, 0) is 36.4 Å². The Morgan fingerprint density at radius 2 is 1.90 bits per heavy atom. The number of halogens is 1. The van der Waals surface area contributed by atoms with Crippen LogP contribution in [0.5, 0.6) is 5.88 Å². The molecule has 0 unspecified atom stereocenters. The zero-order valence-corrected chi connectivity index (χ0v) is 10.9. The summed E-state index contributed by atoms with van der Waals surface area (Å²) in [5.41, 5.74) is 1.59. The summed E-state index contributed by atoms with van der Waals surface area (Å²) in [6.45, 7) is 0. The summed E-state index contributed by atoms with van der Waals surface area (Å²) in [7, 11) is 1.59. The molecule has 2 aromatic carbocycles. The van der Waals surface area contributed by atoms with Crippen LogP contribution in [0.4, 0.5) is 15.8 Å². The van der Waals surface area contributed by atoms with Gasteiger partial charge in [-0.15, -0.1) is 0 Å². The van der Waals surface area contributed by atoms with Crippen molar-refractivity contribution in [2.24, 2.45) is 0 Å². The van der Waals surface area contributed by atoms with Gasteiger partial charge in [-0.2, -0.15) is 0 Å². The summed E-state index contributed by atoms with van der Waals surface area (Å²) in [4.78, 5) is 4.18. The summed E-state index contributed by atoms with van der Waals surface area (Å²) in [5.74, 6) is 0.305. The smallest absolute Gasteiger partial charge is 0.221 e. The Balaban J connectivity index is 2.08. The maximum Gasteiger partial charge on any atom is 0.221 e. The third-order valence-electron chi connectivity index (χ3n) is 3.07. The van der Waals surface area contributed by atoms with Crippen LogP contribution in [0.1, 0.15) is 0 Å². The fraction of sp³-hybridized carbons (Fsp3) is 0.0625. The first-order valence-electron chi connectivity index (χ1n) is 6.22. The number of rotatable bonds is 3. The van der Waals surface area contributed by atoms with E-state index in [2.05, 4.69) is 10.3 Å². The first-order chi connectivity index (χ1) is 9.78. The van der Waals surface area contributed by atoms with Gasteiger partial charge in [-0.25, -0.2) is 9.37 Å². The first-order valence-corrected chi connectivity index (χ1v) is 6.22. The standard InChI is InChI=1S/C16H13FN2O/c1-20-16-14-6-3-7-15(13(14)8-9-18-16)19-12-5-2-4-11(17)10-12/h2-10,19H,1H3. The van der Waals surface area contributed by atoms with Crippen molar-refractivity contribution in [3.8, 4) is 5.88 Å². The van der Waals surface area contributed by atoms with Crippen LogP contribution >= 0.6 is 0 Å². The Labute approximate surface area is 116 Å². The lowest BCUT2D eigenvalue weighted by molar-refractivity contribution is 0.403. The maximum absolute atomic E-state index is 13.2. The fourth-order valence-electron chi connectivity index (χ4n) is 2.17. The molecule has 0 fully saturated rings. The van der Waals surface area contributed by atoms with Crippen molar-refractivity contribution in [3.05, 3.63) is 60.5 Å². The van der Waals surface area contributed by atoms with Crippen molar-refractivity contribution in [2.45, 2.75) is 0 Å². The average Bonchev–Trinajstić information content (AvgIpc) is 2.47. The van der Waals surface area contributed by atoms with E-state index >= 15 is 0 Å². The third kappa shape index (κ3) is 2.28. The van der Waals surface area contributed by atoms with Gasteiger partial charge in [0.2, 0.25) is 5.88 Å². The molecule has 0 amide bonds. The Bertz CT molecular complexity index is 758. The van der Waals surface area contributed by atoms with E-state index in [1.54, 1.807) is 19.4 Å². The molecular weight excluding hydrogens is 255 g/mol. The van der Waals surface area contributed by atoms with Gasteiger partial charge >= 0.3 is 0 Å². The Morgan fingerprint density at radius 1 is 1.05 bits per heavy atom. The van der Waals surface area contributed by atoms with E-state index in [-0.39, 0.29) is 5.82 Å². The number of nitrogens with one attached hydrogen (secondary N) is 1. The van der Waals surface area contributed by atoms with Crippen molar-refractivity contribution < 1.29 is 9.13 Å². The van der Waals surface area contributed by atoms with Gasteiger partial charge in [0.1, 0.15) is 5.82 Å². The molecule has 0 saturated heterocycles. The number of ether oxygens (including phenoxy) is 1. The average molecular weight is 268 g/mol. The van der Waals surface area contributed by atoms with Gasteiger partial charge in [0.15, 0.2) is 0 Å². The van der Waals surface area contributed by atoms with Crippen molar-refractivity contribution in [3.63, 3.8) is 0 Å². The molecule has 0 aliphatic carbocycles. The Kier molecular flexibility index (Phi) is 3.21. The summed E-state index contributed by atoms with van der Waals surface area (Å²) in [6.07, 6.45) is 1.69. The molecule has 0 aliphatic rings. The molecule has 0 saturated carbocycles. The van der Waals surface area contributed by atoms with Crippen LogP contribution in [0.25, 0.3) is 10.8 Å². The van der Waals surface area contributed by atoms with Gasteiger partial charge < -0.3 is 10.1 Å². The molecule has 3 nitrogen and oxygen atoms in total. The fourth-order valence-corrected chi connectivity index (χ4v) is 2.17. The number of hydrogen-bond acceptors (Lipinski definition) is 3. The molecule has 3 rings (SSSR count). The molecule has 0 bridgehead atoms. The van der Waals surface area contributed by atoms with E-state index in [1.165, 1.54) is 12.1 Å². The molecule has 0 radical (unpaired) electrons. The highest BCUT2D eigenvalue weighted by Crippen LogP contribution is 2.30. The number of methoxy groups -OCH3 is 1. The SMILES string of the molecule is COc1nccc2c(Nc3cccc(F)c3)cccc12. The number of pyridine rings is 1. The lowest BCUT2D eigenvalue weighted by Crippen LogP contribution is -1.94. The lowest BCUT2D eigenvalue weighted by atomic mass is 10.1. The van der Waals surface area contributed by atoms with E-state index in [9.17, 15) is 4.39 Å². The van der Waals surface area contributed by atoms with Gasteiger partial charge in [0.05, 0.1) is 7.11 Å². The normalized spacial score (nSPS) is 10.5. The highest BCUT2D eigenvalue weighted by Gasteiger charge is 2.06. The predicted molar refractivity (Wildman–Crippen MR) is 78.0 cm³/mol. The van der Waals surface area contributed by atoms with Gasteiger partial charge in [-0.3, -0.25) is 0 Å². The van der Waals surface area contributed by atoms with Gasteiger partial charge in [0.25, 0.3) is 0 Å². The molecule has 20 heavy (non-hydrogen) atoms. The number of fused-ring (bicyclic) bond motifs is 1. The molecule has 1 N–H and O–H groups in total. The monoisotopic (exact) mass is 268 g/mol. The molecule has 0 spiro atoms. The number of anilines is 2. The second-order valence-electron chi connectivity index (χ2n) is 4.36. The highest BCUT2D eigenvalue weighted by atomic mass is 19.1. The van der Waals surface area contributed by atoms with Gasteiger partial charge in [-0.1, -0.05) is 12.1 Å². The predicted octanol–water partition coefficient (Wildman–Crippen LogP) is 4.13. The van der Waals surface area contributed by atoms with Crippen LogP contribution in [0.15, 0.2) is 54.7 Å². The van der Waals surface area contributed by atoms with Crippen LogP contribution in [-0.4, -0.2) is 12.1 Å². The van der Waals surface area contributed by atoms with Crippen LogP contribution in [-0.2, 0) is 0 Å². The zero-order chi connectivity index (χ0) is 13.9. The number of hydrogen-bond donors (Lipinski definition) is 1. The molecule has 1 aromatic heterocycles. The molecular formula is C16H13FN2O. The summed E-state index contributed by atoms with van der Waals surface area (Å²) in [6, 6.07) is 14.1. The van der Waals surface area contributed by atoms with E-state index in [0.29, 0.717) is 11.6 Å². The van der Waals surface area contributed by atoms with Crippen molar-refractivity contribution in [1.82, 2.24) is 4.98 Å². The minimum Gasteiger partial charge on any atom is -0.481 e. The highest BCUT2D eigenvalue weighted by molar-refractivity contribution is 5.97. The van der Waals surface area contributed by atoms with E-state index < -0.39 is 0 Å². The van der Waals surface area contributed by atoms with E-state index in [4.69, 9.17) is 4.74 Å². The zero-order valence-electron chi connectivity index (χ0n) is 10.9. The van der Waals surface area contributed by atoms with E-state index in [1.807, 2.05) is 30.3 Å². The summed E-state index contributed by atoms with van der Waals surface area (Å²) < 4.78 is 18.5. The lowest BCUT2D eigenvalue weighted by Gasteiger charge is -2.11. The minimum atomic E-state index is -0.269. The summed E-state index contributed by atoms with van der Waals surface area (Å²) >= 11 is 0. The third-order valence-corrected chi connectivity index (χ3v) is 3.07. The van der Waals surface area contributed by atoms with Crippen molar-refractivity contribution in [1.29, 1.82) is 0 Å². The van der Waals surface area contributed by atoms with E-state index in [0.717, 1.165) is 16.5 Å². The van der Waals surface area contributed by atoms with Crippen LogP contribution < -0.4 is 10.1 Å². The Hall–Kier alpha value is -2.62. The largest absolute Gasteiger partial charge is 0.481 e. The number of nitrogens with zero attached hydrogens (tertiary/aromatic N) is 1. The number of aromatic nitrogens is 1. The Morgan fingerprint density at radius 3 is 2.70 bits per heavy atom. The second kappa shape index (κ2) is 5.17. The van der Waals surface area contributed by atoms with Crippen molar-refractivity contribution >= 4 is 22.1 Å². The van der Waals surface area contributed by atoms with Crippen molar-refractivity contribution in [2.75, 3.05) is 12.4 Å². The first kappa shape index (κ1) is 12.4. The topological polar surface area (TPSA) is 34.1 Å². The molecule has 0 aliphatic heterocycles. The van der Waals surface area contributed by atoms with Crippen LogP contribution in [0.3, 0.4) is 0 Å². The van der Waals surface area contributed by atoms with Gasteiger partial charge in [0, 0.05) is 28.3 Å². The quantitative estimate of drug-likeness (QED) is 0.775. The number of benzene rings is 2. The summed E-state index contributed by atoms with van der Waals surface area (Å²) in [5, 5.41) is 5.10. The van der Waals surface area contributed by atoms with Crippen LogP contribution in [0, 0.1) is 5.82 Å². The molecule has 0 atom stereocenters. The minimum absolute atomic E-state index is 0.269. The second-order valence-corrected chi connectivity index (χ2v) is 4.36. The molecule has 4 heteroatoms. The molecule has 100 valence electrons. The molecule has 1 heterocycles. The maximum atomic E-state index is 13.2. The molecule has 3 aromatic rings. The van der Waals surface area contributed by atoms with Crippen LogP contribution in [0.2, 0.25) is 0 Å².